The van der Waals surface area contributed by atoms with Crippen LogP contribution in [-0.4, -0.2) is 9.97 Å². The van der Waals surface area contributed by atoms with Crippen LogP contribution in [0.5, 0.6) is 0 Å². The molecular weight excluding hydrogens is 360 g/mol. The minimum Gasteiger partial charge on any atom is -0.366 e. The number of aromatic nitrogens is 2. The third kappa shape index (κ3) is 5.16. The molecule has 2 aromatic carbocycles. The predicted octanol–water partition coefficient (Wildman–Crippen LogP) is 5.30. The maximum absolute atomic E-state index is 12.9. The van der Waals surface area contributed by atoms with Gasteiger partial charge in [-0.15, -0.1) is 0 Å². The van der Waals surface area contributed by atoms with Gasteiger partial charge in [0.2, 0.25) is 0 Å². The van der Waals surface area contributed by atoms with Crippen molar-refractivity contribution in [2.75, 3.05) is 10.6 Å². The van der Waals surface area contributed by atoms with Crippen LogP contribution in [0.15, 0.2) is 54.6 Å². The normalized spacial score (nSPS) is 11.3. The molecule has 140 valence electrons. The molecule has 0 bridgehead atoms. The second-order valence-electron chi connectivity index (χ2n) is 5.87. The molecule has 3 rings (SSSR count). The van der Waals surface area contributed by atoms with E-state index in [9.17, 15) is 17.6 Å². The second-order valence-corrected chi connectivity index (χ2v) is 5.87. The minimum atomic E-state index is -4.37. The Labute approximate surface area is 153 Å². The Morgan fingerprint density at radius 1 is 0.889 bits per heavy atom. The Balaban J connectivity index is 1.70. The summed E-state index contributed by atoms with van der Waals surface area (Å²) in [5, 5.41) is 6.08. The first-order chi connectivity index (χ1) is 12.8. The summed E-state index contributed by atoms with van der Waals surface area (Å²) in [6.07, 6.45) is -4.37. The molecule has 0 aliphatic carbocycles. The van der Waals surface area contributed by atoms with Crippen LogP contribution >= 0.6 is 0 Å². The monoisotopic (exact) mass is 376 g/mol. The maximum Gasteiger partial charge on any atom is 0.416 e. The largest absolute Gasteiger partial charge is 0.416 e. The number of alkyl halides is 3. The van der Waals surface area contributed by atoms with Crippen LogP contribution in [0.2, 0.25) is 0 Å². The van der Waals surface area contributed by atoms with Gasteiger partial charge < -0.3 is 10.6 Å². The van der Waals surface area contributed by atoms with Gasteiger partial charge in [-0.1, -0.05) is 12.1 Å². The summed E-state index contributed by atoms with van der Waals surface area (Å²) >= 11 is 0. The van der Waals surface area contributed by atoms with Crippen molar-refractivity contribution in [2.45, 2.75) is 19.6 Å². The van der Waals surface area contributed by atoms with Crippen LogP contribution in [0.4, 0.5) is 34.9 Å². The van der Waals surface area contributed by atoms with Gasteiger partial charge in [0.1, 0.15) is 23.3 Å². The molecule has 1 heterocycles. The average molecular weight is 376 g/mol. The Hall–Kier alpha value is -3.16. The summed E-state index contributed by atoms with van der Waals surface area (Å²) in [4.78, 5) is 8.50. The predicted molar refractivity (Wildman–Crippen MR) is 95.2 cm³/mol. The van der Waals surface area contributed by atoms with Crippen LogP contribution < -0.4 is 10.6 Å². The number of hydrogen-bond donors (Lipinski definition) is 2. The molecule has 0 saturated carbocycles. The molecule has 0 atom stereocenters. The third-order valence-electron chi connectivity index (χ3n) is 3.71. The molecule has 0 spiro atoms. The van der Waals surface area contributed by atoms with E-state index < -0.39 is 11.7 Å². The van der Waals surface area contributed by atoms with E-state index in [1.165, 1.54) is 24.3 Å². The average Bonchev–Trinajstić information content (AvgIpc) is 2.60. The third-order valence-corrected chi connectivity index (χ3v) is 3.71. The van der Waals surface area contributed by atoms with Crippen LogP contribution in [0.3, 0.4) is 0 Å². The molecule has 0 saturated heterocycles. The molecule has 0 unspecified atom stereocenters. The number of nitrogens with zero attached hydrogens (tertiary/aromatic N) is 2. The molecule has 1 aromatic heterocycles. The first-order valence-corrected chi connectivity index (χ1v) is 8.08. The number of aryl methyl sites for hydroxylation is 1. The Morgan fingerprint density at radius 2 is 1.52 bits per heavy atom. The van der Waals surface area contributed by atoms with Gasteiger partial charge in [-0.25, -0.2) is 14.4 Å². The molecule has 0 fully saturated rings. The van der Waals surface area contributed by atoms with Crippen LogP contribution in [-0.2, 0) is 12.7 Å². The molecular formula is C19H16F4N4. The van der Waals surface area contributed by atoms with Gasteiger partial charge in [0, 0.05) is 18.3 Å². The fourth-order valence-electron chi connectivity index (χ4n) is 2.41. The van der Waals surface area contributed by atoms with Gasteiger partial charge in [0.15, 0.2) is 0 Å². The summed E-state index contributed by atoms with van der Waals surface area (Å²) in [5.41, 5.74) is 0.643. The summed E-state index contributed by atoms with van der Waals surface area (Å²) in [5.74, 6) is 1.18. The molecule has 0 amide bonds. The second kappa shape index (κ2) is 7.61. The number of benzene rings is 2. The van der Waals surface area contributed by atoms with Crippen molar-refractivity contribution in [3.63, 3.8) is 0 Å². The Morgan fingerprint density at radius 3 is 2.15 bits per heavy atom. The van der Waals surface area contributed by atoms with Crippen molar-refractivity contribution >= 4 is 17.3 Å². The van der Waals surface area contributed by atoms with Crippen molar-refractivity contribution in [1.82, 2.24) is 9.97 Å². The molecule has 27 heavy (non-hydrogen) atoms. The molecule has 4 nitrogen and oxygen atoms in total. The Bertz CT molecular complexity index is 906. The molecule has 0 aliphatic heterocycles. The highest BCUT2D eigenvalue weighted by Gasteiger charge is 2.29. The van der Waals surface area contributed by atoms with Crippen molar-refractivity contribution in [3.8, 4) is 0 Å². The van der Waals surface area contributed by atoms with E-state index in [1.54, 1.807) is 25.1 Å². The SMILES string of the molecule is Cc1nc(NCc2ccc(F)cc2)cc(Nc2ccc(C(F)(F)F)cc2)n1. The highest BCUT2D eigenvalue weighted by atomic mass is 19.4. The van der Waals surface area contributed by atoms with E-state index in [-0.39, 0.29) is 5.82 Å². The first kappa shape index (κ1) is 18.6. The highest BCUT2D eigenvalue weighted by molar-refractivity contribution is 5.59. The lowest BCUT2D eigenvalue weighted by molar-refractivity contribution is -0.137. The lowest BCUT2D eigenvalue weighted by Gasteiger charge is -2.11. The van der Waals surface area contributed by atoms with Gasteiger partial charge in [0.25, 0.3) is 0 Å². The van der Waals surface area contributed by atoms with Crippen LogP contribution in [0, 0.1) is 12.7 Å². The van der Waals surface area contributed by atoms with Crippen molar-refractivity contribution in [3.05, 3.63) is 77.4 Å². The lowest BCUT2D eigenvalue weighted by atomic mass is 10.2. The number of rotatable bonds is 5. The van der Waals surface area contributed by atoms with E-state index in [0.717, 1.165) is 17.7 Å². The first-order valence-electron chi connectivity index (χ1n) is 8.08. The molecule has 8 heteroatoms. The number of nitrogens with one attached hydrogen (secondary N) is 2. The smallest absolute Gasteiger partial charge is 0.366 e. The van der Waals surface area contributed by atoms with Crippen LogP contribution in [0.1, 0.15) is 17.0 Å². The standard InChI is InChI=1S/C19H16F4N4/c1-12-25-17(24-11-13-2-6-15(20)7-3-13)10-18(26-12)27-16-8-4-14(5-9-16)19(21,22)23/h2-10H,11H2,1H3,(H2,24,25,26,27). The zero-order chi connectivity index (χ0) is 19.4. The summed E-state index contributed by atoms with van der Waals surface area (Å²) in [6, 6.07) is 12.4. The fraction of sp³-hybridized carbons (Fsp3) is 0.158. The van der Waals surface area contributed by atoms with Crippen molar-refractivity contribution in [1.29, 1.82) is 0 Å². The van der Waals surface area contributed by atoms with Gasteiger partial charge in [-0.2, -0.15) is 13.2 Å². The summed E-state index contributed by atoms with van der Waals surface area (Å²) in [6.45, 7) is 2.15. The van der Waals surface area contributed by atoms with Gasteiger partial charge in [0.05, 0.1) is 5.56 Å². The summed E-state index contributed by atoms with van der Waals surface area (Å²) in [7, 11) is 0. The zero-order valence-electron chi connectivity index (χ0n) is 14.3. The quantitative estimate of drug-likeness (QED) is 0.594. The minimum absolute atomic E-state index is 0.306. The number of halogens is 4. The topological polar surface area (TPSA) is 49.8 Å². The summed E-state index contributed by atoms with van der Waals surface area (Å²) < 4.78 is 50.8. The highest BCUT2D eigenvalue weighted by Crippen LogP contribution is 2.30. The van der Waals surface area contributed by atoms with Crippen molar-refractivity contribution < 1.29 is 17.6 Å². The van der Waals surface area contributed by atoms with E-state index in [0.29, 0.717) is 29.7 Å². The van der Waals surface area contributed by atoms with E-state index in [2.05, 4.69) is 20.6 Å². The van der Waals surface area contributed by atoms with Gasteiger partial charge >= 0.3 is 6.18 Å². The van der Waals surface area contributed by atoms with E-state index >= 15 is 0 Å². The fourth-order valence-corrected chi connectivity index (χ4v) is 2.41. The Kier molecular flexibility index (Phi) is 5.25. The molecule has 0 aliphatic rings. The van der Waals surface area contributed by atoms with Gasteiger partial charge in [-0.3, -0.25) is 0 Å². The van der Waals surface area contributed by atoms with E-state index in [1.807, 2.05) is 0 Å². The molecule has 3 aromatic rings. The van der Waals surface area contributed by atoms with Gasteiger partial charge in [-0.05, 0) is 48.9 Å². The van der Waals surface area contributed by atoms with Crippen LogP contribution in [0.25, 0.3) is 0 Å². The molecule has 0 radical (unpaired) electrons. The number of anilines is 3. The lowest BCUT2D eigenvalue weighted by Crippen LogP contribution is -2.06. The van der Waals surface area contributed by atoms with Crippen molar-refractivity contribution in [2.24, 2.45) is 0 Å². The zero-order valence-corrected chi connectivity index (χ0v) is 14.3. The molecule has 2 N–H and O–H groups in total. The van der Waals surface area contributed by atoms with E-state index in [4.69, 9.17) is 0 Å². The maximum atomic E-state index is 12.9. The number of hydrogen-bond acceptors (Lipinski definition) is 4.